The summed E-state index contributed by atoms with van der Waals surface area (Å²) in [6.07, 6.45) is 3.30. The van der Waals surface area contributed by atoms with E-state index in [0.717, 1.165) is 19.3 Å². The van der Waals surface area contributed by atoms with Crippen molar-refractivity contribution in [3.05, 3.63) is 12.2 Å². The molecule has 0 aromatic heterocycles. The molecule has 0 aliphatic heterocycles. The topological polar surface area (TPSA) is 77.8 Å². The Hall–Kier alpha value is -1.01. The van der Waals surface area contributed by atoms with Gasteiger partial charge in [-0.15, -0.1) is 0 Å². The molecule has 1 fully saturated rings. The molecule has 3 N–H and O–H groups in total. The van der Waals surface area contributed by atoms with Crippen molar-refractivity contribution < 1.29 is 28.9 Å². The van der Waals surface area contributed by atoms with Crippen LogP contribution in [0.3, 0.4) is 0 Å². The quantitative estimate of drug-likeness (QED) is 0.282. The maximum atomic E-state index is 15.4. The van der Waals surface area contributed by atoms with Crippen LogP contribution in [0.1, 0.15) is 84.5 Å². The highest BCUT2D eigenvalue weighted by Gasteiger charge is 2.47. The minimum absolute atomic E-state index is 0.207. The molecule has 6 atom stereocenters. The number of aliphatic hydroxyl groups excluding tert-OH is 2. The first-order valence-electron chi connectivity index (χ1n) is 10.7. The highest BCUT2D eigenvalue weighted by Crippen LogP contribution is 2.45. The van der Waals surface area contributed by atoms with Crippen LogP contribution in [0.25, 0.3) is 0 Å². The first kappa shape index (κ1) is 25.0. The minimum atomic E-state index is -1.63. The van der Waals surface area contributed by atoms with Crippen molar-refractivity contribution in [2.45, 2.75) is 109 Å². The number of halogens is 2. The summed E-state index contributed by atoms with van der Waals surface area (Å²) in [5.74, 6) is -2.89. The van der Waals surface area contributed by atoms with E-state index in [-0.39, 0.29) is 24.8 Å². The van der Waals surface area contributed by atoms with Crippen molar-refractivity contribution in [1.29, 1.82) is 0 Å². The molecule has 0 heterocycles. The van der Waals surface area contributed by atoms with E-state index < -0.39 is 41.9 Å². The standard InChI is InChI=1S/C22H38F2O4/c1-4-5-6-9-17(25)11-13-22(24)14-12-19(26)18(22)10-7-8-15(2)20(23)16(3)21(27)28/h16-20,25-26H,2,4-14H2,1,3H3,(H,27,28)/t16?,17?,18-,19-,20?,22-/m0/s1. The lowest BCUT2D eigenvalue weighted by molar-refractivity contribution is -0.142. The smallest absolute Gasteiger partial charge is 0.309 e. The van der Waals surface area contributed by atoms with Crippen LogP contribution < -0.4 is 0 Å². The number of carboxylic acids is 1. The predicted octanol–water partition coefficient (Wildman–Crippen LogP) is 4.97. The van der Waals surface area contributed by atoms with Crippen LogP contribution in [-0.4, -0.2) is 45.3 Å². The molecule has 0 aromatic carbocycles. The van der Waals surface area contributed by atoms with E-state index in [4.69, 9.17) is 5.11 Å². The van der Waals surface area contributed by atoms with Gasteiger partial charge in [0.25, 0.3) is 0 Å². The SMILES string of the molecule is C=C(CCC[C@H]1[C@@H](O)CC[C@@]1(F)CCC(O)CCCCC)C(F)C(C)C(=O)O. The van der Waals surface area contributed by atoms with Gasteiger partial charge in [0.2, 0.25) is 0 Å². The summed E-state index contributed by atoms with van der Waals surface area (Å²) in [6.45, 7) is 7.04. The lowest BCUT2D eigenvalue weighted by Crippen LogP contribution is -2.34. The summed E-state index contributed by atoms with van der Waals surface area (Å²) in [7, 11) is 0. The summed E-state index contributed by atoms with van der Waals surface area (Å²) in [5, 5.41) is 29.2. The lowest BCUT2D eigenvalue weighted by Gasteiger charge is -2.30. The zero-order valence-corrected chi connectivity index (χ0v) is 17.4. The molecule has 0 spiro atoms. The van der Waals surface area contributed by atoms with Crippen molar-refractivity contribution in [1.82, 2.24) is 0 Å². The fourth-order valence-electron chi connectivity index (χ4n) is 4.23. The molecule has 0 radical (unpaired) electrons. The third-order valence-corrected chi connectivity index (χ3v) is 6.25. The number of unbranched alkanes of at least 4 members (excludes halogenated alkanes) is 2. The van der Waals surface area contributed by atoms with Crippen LogP contribution >= 0.6 is 0 Å². The zero-order valence-electron chi connectivity index (χ0n) is 17.4. The van der Waals surface area contributed by atoms with Crippen molar-refractivity contribution in [3.8, 4) is 0 Å². The van der Waals surface area contributed by atoms with Gasteiger partial charge in [-0.05, 0) is 63.9 Å². The average molecular weight is 405 g/mol. The highest BCUT2D eigenvalue weighted by molar-refractivity contribution is 5.70. The van der Waals surface area contributed by atoms with Crippen molar-refractivity contribution in [3.63, 3.8) is 0 Å². The Labute approximate surface area is 168 Å². The molecular formula is C22H38F2O4. The number of alkyl halides is 2. The number of aliphatic carboxylic acids is 1. The summed E-state index contributed by atoms with van der Waals surface area (Å²) in [5.41, 5.74) is -1.30. The van der Waals surface area contributed by atoms with Crippen molar-refractivity contribution in [2.24, 2.45) is 11.8 Å². The summed E-state index contributed by atoms with van der Waals surface area (Å²) in [4.78, 5) is 10.9. The van der Waals surface area contributed by atoms with Gasteiger partial charge in [0, 0.05) is 5.92 Å². The molecule has 0 saturated heterocycles. The summed E-state index contributed by atoms with van der Waals surface area (Å²) in [6, 6.07) is 0. The molecule has 6 heteroatoms. The molecule has 1 saturated carbocycles. The zero-order chi connectivity index (χ0) is 21.3. The van der Waals surface area contributed by atoms with Crippen LogP contribution in [0.4, 0.5) is 8.78 Å². The summed E-state index contributed by atoms with van der Waals surface area (Å²) >= 11 is 0. The number of carboxylic acid groups (broad SMARTS) is 1. The maximum Gasteiger partial charge on any atom is 0.309 e. The third-order valence-electron chi connectivity index (χ3n) is 6.25. The van der Waals surface area contributed by atoms with Crippen molar-refractivity contribution in [2.75, 3.05) is 0 Å². The van der Waals surface area contributed by atoms with E-state index in [1.54, 1.807) is 0 Å². The Kier molecular flexibility index (Phi) is 10.6. The number of allylic oxidation sites excluding steroid dienone is 1. The Morgan fingerprint density at radius 3 is 2.57 bits per heavy atom. The number of aliphatic hydroxyl groups is 2. The van der Waals surface area contributed by atoms with Crippen LogP contribution in [0.2, 0.25) is 0 Å². The van der Waals surface area contributed by atoms with Gasteiger partial charge in [0.05, 0.1) is 18.1 Å². The second-order valence-corrected chi connectivity index (χ2v) is 8.51. The van der Waals surface area contributed by atoms with E-state index in [2.05, 4.69) is 13.5 Å². The predicted molar refractivity (Wildman–Crippen MR) is 107 cm³/mol. The van der Waals surface area contributed by atoms with E-state index in [0.29, 0.717) is 32.1 Å². The Morgan fingerprint density at radius 2 is 1.96 bits per heavy atom. The van der Waals surface area contributed by atoms with E-state index in [1.807, 2.05) is 0 Å². The van der Waals surface area contributed by atoms with Gasteiger partial charge in [-0.2, -0.15) is 0 Å². The number of rotatable bonds is 14. The van der Waals surface area contributed by atoms with Crippen LogP contribution in [0.15, 0.2) is 12.2 Å². The van der Waals surface area contributed by atoms with E-state index in [1.165, 1.54) is 6.92 Å². The first-order chi connectivity index (χ1) is 13.1. The Morgan fingerprint density at radius 1 is 1.29 bits per heavy atom. The van der Waals surface area contributed by atoms with Crippen molar-refractivity contribution >= 4 is 5.97 Å². The largest absolute Gasteiger partial charge is 0.481 e. The molecule has 1 aliphatic carbocycles. The van der Waals surface area contributed by atoms with E-state index >= 15 is 4.39 Å². The van der Waals surface area contributed by atoms with Gasteiger partial charge in [0.1, 0.15) is 11.8 Å². The Bertz CT molecular complexity index is 499. The molecule has 1 rings (SSSR count). The molecule has 164 valence electrons. The van der Waals surface area contributed by atoms with Gasteiger partial charge >= 0.3 is 5.97 Å². The molecule has 4 nitrogen and oxygen atoms in total. The van der Waals surface area contributed by atoms with Crippen LogP contribution in [0.5, 0.6) is 0 Å². The molecule has 0 bridgehead atoms. The van der Waals surface area contributed by atoms with Gasteiger partial charge in [0.15, 0.2) is 0 Å². The van der Waals surface area contributed by atoms with Crippen LogP contribution in [-0.2, 0) is 4.79 Å². The van der Waals surface area contributed by atoms with E-state index in [9.17, 15) is 19.4 Å². The average Bonchev–Trinajstić information content (AvgIpc) is 2.94. The number of hydrogen-bond donors (Lipinski definition) is 3. The van der Waals surface area contributed by atoms with Crippen LogP contribution in [0, 0.1) is 11.8 Å². The molecular weight excluding hydrogens is 366 g/mol. The lowest BCUT2D eigenvalue weighted by atomic mass is 9.82. The molecule has 0 amide bonds. The van der Waals surface area contributed by atoms with Gasteiger partial charge in [-0.25, -0.2) is 8.78 Å². The van der Waals surface area contributed by atoms with Gasteiger partial charge < -0.3 is 15.3 Å². The Balaban J connectivity index is 2.49. The summed E-state index contributed by atoms with van der Waals surface area (Å²) < 4.78 is 29.5. The minimum Gasteiger partial charge on any atom is -0.481 e. The first-order valence-corrected chi connectivity index (χ1v) is 10.7. The maximum absolute atomic E-state index is 15.4. The molecule has 3 unspecified atom stereocenters. The normalized spacial score (nSPS) is 28.1. The number of carbonyl (C=O) groups is 1. The molecule has 0 aromatic rings. The highest BCUT2D eigenvalue weighted by atomic mass is 19.1. The monoisotopic (exact) mass is 404 g/mol. The third kappa shape index (κ3) is 7.43. The second kappa shape index (κ2) is 11.9. The van der Waals surface area contributed by atoms with Gasteiger partial charge in [-0.1, -0.05) is 32.8 Å². The fraction of sp³-hybridized carbons (Fsp3) is 0.864. The fourth-order valence-corrected chi connectivity index (χ4v) is 4.23. The molecule has 1 aliphatic rings. The second-order valence-electron chi connectivity index (χ2n) is 8.51. The number of hydrogen-bond acceptors (Lipinski definition) is 3. The molecule has 28 heavy (non-hydrogen) atoms. The van der Waals surface area contributed by atoms with Gasteiger partial charge in [-0.3, -0.25) is 4.79 Å².